The number of fused-ring (bicyclic) bond motifs is 3. The molecular weight excluding hydrogens is 428 g/mol. The number of hydrogen-bond donors (Lipinski definition) is 1. The van der Waals surface area contributed by atoms with Crippen LogP contribution in [-0.2, 0) is 24.7 Å². The summed E-state index contributed by atoms with van der Waals surface area (Å²) in [4.78, 5) is 42.9. The normalized spacial score (nSPS) is 22.9. The second-order valence-electron chi connectivity index (χ2n) is 7.95. The highest BCUT2D eigenvalue weighted by Gasteiger charge is 2.66. The van der Waals surface area contributed by atoms with Gasteiger partial charge < -0.3 is 29.1 Å². The molecule has 9 nitrogen and oxygen atoms in total. The Hall–Kier alpha value is -3.85. The van der Waals surface area contributed by atoms with Crippen LogP contribution in [0.3, 0.4) is 0 Å². The maximum Gasteiger partial charge on any atom is 0.296 e. The van der Waals surface area contributed by atoms with Crippen molar-refractivity contribution in [2.45, 2.75) is 5.54 Å². The minimum atomic E-state index is -1.80. The van der Waals surface area contributed by atoms with Gasteiger partial charge in [0.05, 0.1) is 12.2 Å². The highest BCUT2D eigenvalue weighted by molar-refractivity contribution is 6.50. The number of ether oxygens (including phenoxy) is 3. The molecule has 1 atom stereocenters. The summed E-state index contributed by atoms with van der Waals surface area (Å²) in [7, 11) is 3.05. The molecule has 1 fully saturated rings. The number of Topliss-reactive ketones (excluding diaryl/α,β-unsaturated/α-hetero) is 1. The van der Waals surface area contributed by atoms with E-state index in [-0.39, 0.29) is 24.3 Å². The summed E-state index contributed by atoms with van der Waals surface area (Å²) in [5.74, 6) is -1.85. The van der Waals surface area contributed by atoms with Crippen molar-refractivity contribution < 1.29 is 33.7 Å². The van der Waals surface area contributed by atoms with Crippen LogP contribution < -0.4 is 14.4 Å². The van der Waals surface area contributed by atoms with Gasteiger partial charge in [0, 0.05) is 37.5 Å². The van der Waals surface area contributed by atoms with Crippen molar-refractivity contribution in [3.8, 4) is 11.5 Å². The van der Waals surface area contributed by atoms with Crippen molar-refractivity contribution in [3.63, 3.8) is 0 Å². The number of anilines is 1. The van der Waals surface area contributed by atoms with Crippen LogP contribution >= 0.6 is 0 Å². The van der Waals surface area contributed by atoms with E-state index in [4.69, 9.17) is 14.2 Å². The number of likely N-dealkylation sites (tertiary alicyclic amines) is 1. The molecule has 0 aromatic heterocycles. The predicted octanol–water partition coefficient (Wildman–Crippen LogP) is 1.66. The summed E-state index contributed by atoms with van der Waals surface area (Å²) in [6.45, 7) is 0.850. The smallest absolute Gasteiger partial charge is 0.296 e. The Morgan fingerprint density at radius 3 is 2.58 bits per heavy atom. The van der Waals surface area contributed by atoms with Gasteiger partial charge in [-0.15, -0.1) is 0 Å². The Morgan fingerprint density at radius 1 is 1.09 bits per heavy atom. The molecular formula is C24H22N2O7. The zero-order chi connectivity index (χ0) is 23.3. The van der Waals surface area contributed by atoms with Crippen LogP contribution in [0.5, 0.6) is 11.5 Å². The molecule has 2 amide bonds. The molecule has 3 heterocycles. The van der Waals surface area contributed by atoms with Crippen molar-refractivity contribution in [3.05, 3.63) is 59.2 Å². The minimum Gasteiger partial charge on any atom is -0.507 e. The maximum atomic E-state index is 13.8. The number of likely N-dealkylation sites (N-methyl/N-ethyl adjacent to an activating group) is 1. The molecule has 1 spiro atoms. The number of rotatable bonds is 4. The fourth-order valence-corrected chi connectivity index (χ4v) is 4.79. The number of aliphatic hydroxyl groups excluding tert-OH is 1. The Bertz CT molecular complexity index is 1220. The van der Waals surface area contributed by atoms with E-state index in [0.29, 0.717) is 36.0 Å². The van der Waals surface area contributed by atoms with Gasteiger partial charge in [0.25, 0.3) is 17.6 Å². The minimum absolute atomic E-state index is 0.00704. The Balaban J connectivity index is 1.78. The van der Waals surface area contributed by atoms with Crippen molar-refractivity contribution in [1.29, 1.82) is 0 Å². The zero-order valence-corrected chi connectivity index (χ0v) is 18.2. The van der Waals surface area contributed by atoms with Gasteiger partial charge in [-0.05, 0) is 24.3 Å². The third-order valence-electron chi connectivity index (χ3n) is 6.27. The first-order valence-electron chi connectivity index (χ1n) is 10.5. The van der Waals surface area contributed by atoms with Gasteiger partial charge in [-0.2, -0.15) is 0 Å². The third kappa shape index (κ3) is 2.78. The van der Waals surface area contributed by atoms with E-state index < -0.39 is 28.9 Å². The molecule has 1 saturated heterocycles. The maximum absolute atomic E-state index is 13.8. The quantitative estimate of drug-likeness (QED) is 0.429. The van der Waals surface area contributed by atoms with E-state index in [2.05, 4.69) is 0 Å². The SMILES string of the molecule is COCCN1C(=O)C(=O)C(=C(O)c2ccc3c(c2)OCCO3)[C@@]12C(=O)N(C)c1ccccc12. The largest absolute Gasteiger partial charge is 0.507 e. The van der Waals surface area contributed by atoms with Gasteiger partial charge in [-0.25, -0.2) is 0 Å². The first-order valence-corrected chi connectivity index (χ1v) is 10.5. The van der Waals surface area contributed by atoms with Crippen LogP contribution in [0.25, 0.3) is 5.76 Å². The number of ketones is 1. The molecule has 170 valence electrons. The van der Waals surface area contributed by atoms with E-state index in [1.54, 1.807) is 43.4 Å². The fourth-order valence-electron chi connectivity index (χ4n) is 4.79. The summed E-state index contributed by atoms with van der Waals surface area (Å²) < 4.78 is 16.3. The molecule has 0 bridgehead atoms. The lowest BCUT2D eigenvalue weighted by Gasteiger charge is -2.34. The fraction of sp³-hybridized carbons (Fsp3) is 0.292. The highest BCUT2D eigenvalue weighted by atomic mass is 16.6. The van der Waals surface area contributed by atoms with Gasteiger partial charge in [0.2, 0.25) is 0 Å². The number of aliphatic hydroxyl groups is 1. The van der Waals surface area contributed by atoms with E-state index in [9.17, 15) is 19.5 Å². The zero-order valence-electron chi connectivity index (χ0n) is 18.2. The topological polar surface area (TPSA) is 106 Å². The van der Waals surface area contributed by atoms with Crippen LogP contribution in [0, 0.1) is 0 Å². The number of methoxy groups -OCH3 is 1. The van der Waals surface area contributed by atoms with Crippen LogP contribution in [0.1, 0.15) is 11.1 Å². The van der Waals surface area contributed by atoms with Crippen molar-refractivity contribution in [1.82, 2.24) is 4.90 Å². The van der Waals surface area contributed by atoms with E-state index >= 15 is 0 Å². The number of benzene rings is 2. The summed E-state index contributed by atoms with van der Waals surface area (Å²) in [5.41, 5.74) is -0.827. The summed E-state index contributed by atoms with van der Waals surface area (Å²) in [5, 5.41) is 11.4. The summed E-state index contributed by atoms with van der Waals surface area (Å²) in [6.07, 6.45) is 0. The lowest BCUT2D eigenvalue weighted by atomic mass is 9.82. The first-order chi connectivity index (χ1) is 15.9. The van der Waals surface area contributed by atoms with Crippen molar-refractivity contribution >= 4 is 29.0 Å². The second kappa shape index (κ2) is 7.63. The summed E-state index contributed by atoms with van der Waals surface area (Å²) in [6, 6.07) is 11.6. The third-order valence-corrected chi connectivity index (χ3v) is 6.27. The Kier molecular flexibility index (Phi) is 4.86. The molecule has 0 unspecified atom stereocenters. The van der Waals surface area contributed by atoms with E-state index in [1.165, 1.54) is 23.0 Å². The number of nitrogens with zero attached hydrogens (tertiary/aromatic N) is 2. The number of carbonyl (C=O) groups is 3. The van der Waals surface area contributed by atoms with Crippen molar-refractivity contribution in [2.75, 3.05) is 45.4 Å². The standard InChI is InChI=1S/C24H22N2O7/c1-25-16-6-4-3-5-15(16)24(23(25)30)19(21(28)22(29)26(24)9-10-31-2)20(27)14-7-8-17-18(13-14)33-12-11-32-17/h3-8,13,27H,9-12H2,1-2H3/t24-/m0/s1. The molecule has 5 rings (SSSR count). The monoisotopic (exact) mass is 450 g/mol. The Labute approximate surface area is 189 Å². The second-order valence-corrected chi connectivity index (χ2v) is 7.95. The van der Waals surface area contributed by atoms with Gasteiger partial charge in [-0.3, -0.25) is 14.4 Å². The van der Waals surface area contributed by atoms with Crippen LogP contribution in [0.4, 0.5) is 5.69 Å². The first kappa shape index (κ1) is 21.0. The van der Waals surface area contributed by atoms with Gasteiger partial charge >= 0.3 is 0 Å². The highest BCUT2D eigenvalue weighted by Crippen LogP contribution is 2.53. The van der Waals surface area contributed by atoms with Crippen molar-refractivity contribution in [2.24, 2.45) is 0 Å². The molecule has 0 aliphatic carbocycles. The number of hydrogen-bond acceptors (Lipinski definition) is 7. The van der Waals surface area contributed by atoms with Crippen LogP contribution in [0.2, 0.25) is 0 Å². The molecule has 0 saturated carbocycles. The van der Waals surface area contributed by atoms with E-state index in [1.807, 2.05) is 0 Å². The number of para-hydroxylation sites is 1. The number of amides is 2. The van der Waals surface area contributed by atoms with Gasteiger partial charge in [0.15, 0.2) is 17.0 Å². The Morgan fingerprint density at radius 2 is 1.82 bits per heavy atom. The van der Waals surface area contributed by atoms with E-state index in [0.717, 1.165) is 0 Å². The summed E-state index contributed by atoms with van der Waals surface area (Å²) >= 11 is 0. The predicted molar refractivity (Wildman–Crippen MR) is 117 cm³/mol. The lowest BCUT2D eigenvalue weighted by molar-refractivity contribution is -0.144. The molecule has 2 aromatic rings. The molecule has 3 aliphatic rings. The molecule has 1 N–H and O–H groups in total. The molecule has 9 heteroatoms. The average Bonchev–Trinajstić information content (AvgIpc) is 3.20. The van der Waals surface area contributed by atoms with Gasteiger partial charge in [0.1, 0.15) is 19.0 Å². The van der Waals surface area contributed by atoms with Gasteiger partial charge in [-0.1, -0.05) is 18.2 Å². The van der Waals surface area contributed by atoms with Crippen LogP contribution in [-0.4, -0.2) is 68.1 Å². The number of carbonyl (C=O) groups excluding carboxylic acids is 3. The lowest BCUT2D eigenvalue weighted by Crippen LogP contribution is -2.52. The molecule has 33 heavy (non-hydrogen) atoms. The molecule has 3 aliphatic heterocycles. The van der Waals surface area contributed by atoms with Crippen LogP contribution in [0.15, 0.2) is 48.0 Å². The molecule has 0 radical (unpaired) electrons. The average molecular weight is 450 g/mol. The molecule has 2 aromatic carbocycles.